The van der Waals surface area contributed by atoms with Crippen molar-refractivity contribution < 1.29 is 4.74 Å². The van der Waals surface area contributed by atoms with Crippen LogP contribution in [0.15, 0.2) is 18.2 Å². The second-order valence-electron chi connectivity index (χ2n) is 6.09. The lowest BCUT2D eigenvalue weighted by molar-refractivity contribution is 0.0611. The fourth-order valence-electron chi connectivity index (χ4n) is 3.85. The van der Waals surface area contributed by atoms with Gasteiger partial charge < -0.3 is 4.74 Å². The highest BCUT2D eigenvalue weighted by atomic mass is 35.5. The fourth-order valence-corrected chi connectivity index (χ4v) is 4.14. The van der Waals surface area contributed by atoms with Crippen LogP contribution in [-0.4, -0.2) is 30.1 Å². The quantitative estimate of drug-likeness (QED) is 0.793. The molecule has 0 amide bonds. The molecule has 0 N–H and O–H groups in total. The van der Waals surface area contributed by atoms with Gasteiger partial charge in [0, 0.05) is 17.6 Å². The lowest BCUT2D eigenvalue weighted by atomic mass is 9.86. The topological polar surface area (TPSA) is 12.5 Å². The molecule has 2 saturated heterocycles. The number of fused-ring (bicyclic) bond motifs is 2. The van der Waals surface area contributed by atoms with E-state index in [1.807, 2.05) is 6.07 Å². The number of nitrogens with zero attached hydrogens (tertiary/aromatic N) is 1. The predicted molar refractivity (Wildman–Crippen MR) is 83.9 cm³/mol. The van der Waals surface area contributed by atoms with Gasteiger partial charge in [0.1, 0.15) is 5.75 Å². The first-order valence-corrected chi connectivity index (χ1v) is 8.17. The van der Waals surface area contributed by atoms with E-state index < -0.39 is 0 Å². The third-order valence-electron chi connectivity index (χ3n) is 5.15. The molecule has 2 heterocycles. The van der Waals surface area contributed by atoms with E-state index in [0.29, 0.717) is 15.6 Å². The molecule has 0 unspecified atom stereocenters. The van der Waals surface area contributed by atoms with Crippen LogP contribution in [0.1, 0.15) is 38.5 Å². The van der Waals surface area contributed by atoms with Gasteiger partial charge in [0.2, 0.25) is 0 Å². The zero-order valence-electron chi connectivity index (χ0n) is 11.9. The summed E-state index contributed by atoms with van der Waals surface area (Å²) in [4.78, 5) is 2.61. The zero-order chi connectivity index (χ0) is 14.2. The predicted octanol–water partition coefficient (Wildman–Crippen LogP) is 4.78. The lowest BCUT2D eigenvalue weighted by Crippen LogP contribution is -2.48. The highest BCUT2D eigenvalue weighted by Crippen LogP contribution is 2.44. The van der Waals surface area contributed by atoms with Crippen LogP contribution < -0.4 is 4.74 Å². The van der Waals surface area contributed by atoms with E-state index in [1.165, 1.54) is 32.1 Å². The first kappa shape index (κ1) is 14.5. The van der Waals surface area contributed by atoms with Crippen molar-refractivity contribution in [3.63, 3.8) is 0 Å². The van der Waals surface area contributed by atoms with E-state index in [4.69, 9.17) is 27.9 Å². The first-order valence-electron chi connectivity index (χ1n) is 7.41. The summed E-state index contributed by atoms with van der Waals surface area (Å²) in [5.74, 6) is 0.809. The minimum Gasteiger partial charge on any atom is -0.493 e. The molecule has 1 aromatic rings. The Kier molecular flexibility index (Phi) is 4.16. The molecule has 2 nitrogen and oxygen atoms in total. The van der Waals surface area contributed by atoms with Crippen molar-refractivity contribution in [3.8, 4) is 5.75 Å². The summed E-state index contributed by atoms with van der Waals surface area (Å²) in [5.41, 5.74) is 0.374. The molecule has 0 spiro atoms. The molecule has 2 atom stereocenters. The molecule has 2 bridgehead atoms. The van der Waals surface area contributed by atoms with Gasteiger partial charge in [-0.1, -0.05) is 29.6 Å². The third-order valence-corrected chi connectivity index (χ3v) is 5.88. The highest BCUT2D eigenvalue weighted by molar-refractivity contribution is 6.42. The van der Waals surface area contributed by atoms with Gasteiger partial charge in [-0.3, -0.25) is 4.90 Å². The first-order chi connectivity index (χ1) is 9.61. The van der Waals surface area contributed by atoms with Crippen LogP contribution in [0, 0.1) is 0 Å². The standard InChI is InChI=1S/C16H21Cl2NO/c1-19-12-3-2-7-16(19,8-6-12)9-10-20-13-4-5-14(17)15(18)11-13/h4-5,11-12H,2-3,6-10H2,1H3/t12-,16+/m1/s1. The van der Waals surface area contributed by atoms with Gasteiger partial charge in [-0.05, 0) is 51.3 Å². The molecule has 20 heavy (non-hydrogen) atoms. The largest absolute Gasteiger partial charge is 0.493 e. The van der Waals surface area contributed by atoms with Crippen LogP contribution in [0.3, 0.4) is 0 Å². The number of rotatable bonds is 4. The Morgan fingerprint density at radius 1 is 1.25 bits per heavy atom. The zero-order valence-corrected chi connectivity index (χ0v) is 13.4. The number of piperidine rings is 1. The van der Waals surface area contributed by atoms with Crippen molar-refractivity contribution in [1.29, 1.82) is 0 Å². The minimum absolute atomic E-state index is 0.374. The molecule has 0 aliphatic carbocycles. The van der Waals surface area contributed by atoms with E-state index in [2.05, 4.69) is 11.9 Å². The van der Waals surface area contributed by atoms with Gasteiger partial charge in [-0.15, -0.1) is 0 Å². The van der Waals surface area contributed by atoms with Crippen molar-refractivity contribution in [2.45, 2.75) is 50.1 Å². The molecule has 1 aromatic carbocycles. The van der Waals surface area contributed by atoms with Gasteiger partial charge in [0.05, 0.1) is 16.7 Å². The SMILES string of the molecule is CN1[C@@H]2CCC[C@@]1(CCOc1ccc(Cl)c(Cl)c1)CC2. The van der Waals surface area contributed by atoms with E-state index in [9.17, 15) is 0 Å². The Hall–Kier alpha value is -0.440. The smallest absolute Gasteiger partial charge is 0.120 e. The number of halogens is 2. The Morgan fingerprint density at radius 3 is 2.90 bits per heavy atom. The molecule has 0 radical (unpaired) electrons. The van der Waals surface area contributed by atoms with Crippen molar-refractivity contribution in [3.05, 3.63) is 28.2 Å². The van der Waals surface area contributed by atoms with Crippen LogP contribution in [0.25, 0.3) is 0 Å². The average Bonchev–Trinajstić information content (AvgIpc) is 2.63. The Balaban J connectivity index is 1.58. The maximum Gasteiger partial charge on any atom is 0.120 e. The number of ether oxygens (including phenoxy) is 1. The van der Waals surface area contributed by atoms with Crippen molar-refractivity contribution in [2.75, 3.05) is 13.7 Å². The van der Waals surface area contributed by atoms with Crippen LogP contribution in [0.2, 0.25) is 10.0 Å². The molecule has 3 rings (SSSR count). The third kappa shape index (κ3) is 2.66. The summed E-state index contributed by atoms with van der Waals surface area (Å²) < 4.78 is 5.87. The van der Waals surface area contributed by atoms with Crippen LogP contribution in [0.4, 0.5) is 0 Å². The van der Waals surface area contributed by atoms with E-state index in [1.54, 1.807) is 12.1 Å². The van der Waals surface area contributed by atoms with Gasteiger partial charge in [0.25, 0.3) is 0 Å². The van der Waals surface area contributed by atoms with E-state index >= 15 is 0 Å². The van der Waals surface area contributed by atoms with Crippen LogP contribution in [-0.2, 0) is 0 Å². The fraction of sp³-hybridized carbons (Fsp3) is 0.625. The van der Waals surface area contributed by atoms with Gasteiger partial charge >= 0.3 is 0 Å². The maximum absolute atomic E-state index is 6.01. The molecule has 2 aliphatic rings. The summed E-state index contributed by atoms with van der Waals surface area (Å²) in [5, 5.41) is 1.13. The molecule has 4 heteroatoms. The van der Waals surface area contributed by atoms with Gasteiger partial charge in [-0.25, -0.2) is 0 Å². The van der Waals surface area contributed by atoms with E-state index in [-0.39, 0.29) is 0 Å². The molecule has 2 aliphatic heterocycles. The summed E-state index contributed by atoms with van der Waals surface area (Å²) in [6.45, 7) is 0.745. The number of benzene rings is 1. The van der Waals surface area contributed by atoms with Gasteiger partial charge in [-0.2, -0.15) is 0 Å². The number of hydrogen-bond acceptors (Lipinski definition) is 2. The van der Waals surface area contributed by atoms with Crippen molar-refractivity contribution >= 4 is 23.2 Å². The summed E-state index contributed by atoms with van der Waals surface area (Å²) in [6.07, 6.45) is 7.81. The minimum atomic E-state index is 0.374. The normalized spacial score (nSPS) is 29.6. The molecule has 0 saturated carbocycles. The molecular weight excluding hydrogens is 293 g/mol. The summed E-state index contributed by atoms with van der Waals surface area (Å²) >= 11 is 11.9. The number of hydrogen-bond donors (Lipinski definition) is 0. The molecule has 0 aromatic heterocycles. The van der Waals surface area contributed by atoms with Crippen molar-refractivity contribution in [1.82, 2.24) is 4.90 Å². The molecule has 2 fully saturated rings. The monoisotopic (exact) mass is 313 g/mol. The average molecular weight is 314 g/mol. The van der Waals surface area contributed by atoms with Gasteiger partial charge in [0.15, 0.2) is 0 Å². The summed E-state index contributed by atoms with van der Waals surface area (Å²) in [7, 11) is 2.29. The highest BCUT2D eigenvalue weighted by Gasteiger charge is 2.46. The van der Waals surface area contributed by atoms with Crippen LogP contribution in [0.5, 0.6) is 5.75 Å². The second-order valence-corrected chi connectivity index (χ2v) is 6.91. The molecular formula is C16H21Cl2NO. The summed E-state index contributed by atoms with van der Waals surface area (Å²) in [6, 6.07) is 6.27. The lowest BCUT2D eigenvalue weighted by Gasteiger charge is -2.42. The second kappa shape index (κ2) is 5.75. The van der Waals surface area contributed by atoms with E-state index in [0.717, 1.165) is 24.8 Å². The Bertz CT molecular complexity index is 489. The maximum atomic E-state index is 6.01. The van der Waals surface area contributed by atoms with Crippen molar-refractivity contribution in [2.24, 2.45) is 0 Å². The van der Waals surface area contributed by atoms with Crippen LogP contribution >= 0.6 is 23.2 Å². The Morgan fingerprint density at radius 2 is 2.10 bits per heavy atom. The molecule has 110 valence electrons. The Labute approximate surface area is 131 Å².